The van der Waals surface area contributed by atoms with E-state index in [-0.39, 0.29) is 0 Å². The predicted molar refractivity (Wildman–Crippen MR) is 101 cm³/mol. The second-order valence-electron chi connectivity index (χ2n) is 6.49. The monoisotopic (exact) mass is 356 g/mol. The van der Waals surface area contributed by atoms with E-state index in [4.69, 9.17) is 11.6 Å². The summed E-state index contributed by atoms with van der Waals surface area (Å²) < 4.78 is 0. The van der Waals surface area contributed by atoms with Gasteiger partial charge >= 0.3 is 0 Å². The summed E-state index contributed by atoms with van der Waals surface area (Å²) >= 11 is 6.06. The first kappa shape index (κ1) is 16.3. The molecule has 0 spiro atoms. The van der Waals surface area contributed by atoms with Crippen LogP contribution in [0.5, 0.6) is 0 Å². The van der Waals surface area contributed by atoms with Crippen LogP contribution in [0.2, 0.25) is 5.02 Å². The van der Waals surface area contributed by atoms with E-state index in [1.54, 1.807) is 6.33 Å². The number of likely N-dealkylation sites (N-methyl/N-ethyl adjacent to an activating group) is 1. The maximum Gasteiger partial charge on any atom is 0.143 e. The van der Waals surface area contributed by atoms with E-state index in [1.165, 1.54) is 0 Å². The molecule has 0 radical (unpaired) electrons. The number of fused-ring (bicyclic) bond motifs is 1. The summed E-state index contributed by atoms with van der Waals surface area (Å²) in [7, 11) is 2.17. The van der Waals surface area contributed by atoms with Crippen LogP contribution in [0, 0.1) is 0 Å². The Morgan fingerprint density at radius 3 is 2.80 bits per heavy atom. The van der Waals surface area contributed by atoms with E-state index in [1.807, 2.05) is 24.3 Å². The highest BCUT2D eigenvalue weighted by Gasteiger charge is 2.16. The number of halogens is 1. The Hall–Kier alpha value is -2.15. The van der Waals surface area contributed by atoms with Crippen molar-refractivity contribution in [2.75, 3.05) is 38.5 Å². The summed E-state index contributed by atoms with van der Waals surface area (Å²) in [5.41, 5.74) is 2.92. The molecule has 25 heavy (non-hydrogen) atoms. The molecule has 3 aromatic rings. The quantitative estimate of drug-likeness (QED) is 0.752. The number of H-pyrrole nitrogens is 1. The second kappa shape index (κ2) is 7.00. The van der Waals surface area contributed by atoms with Gasteiger partial charge in [-0.1, -0.05) is 17.7 Å². The smallest absolute Gasteiger partial charge is 0.143 e. The van der Waals surface area contributed by atoms with Gasteiger partial charge in [0, 0.05) is 49.1 Å². The highest BCUT2D eigenvalue weighted by Crippen LogP contribution is 2.25. The maximum absolute atomic E-state index is 6.06. The van der Waals surface area contributed by atoms with Gasteiger partial charge in [-0.05, 0) is 31.3 Å². The SMILES string of the molecule is CN1CCN(Cc2cc3c(Nc4cccc(Cl)c4)ncnc3[nH]2)CC1. The zero-order valence-electron chi connectivity index (χ0n) is 14.2. The summed E-state index contributed by atoms with van der Waals surface area (Å²) in [6.45, 7) is 5.31. The zero-order chi connectivity index (χ0) is 17.2. The van der Waals surface area contributed by atoms with Crippen LogP contribution in [0.25, 0.3) is 11.0 Å². The molecule has 0 amide bonds. The second-order valence-corrected chi connectivity index (χ2v) is 6.93. The molecule has 2 N–H and O–H groups in total. The minimum absolute atomic E-state index is 0.695. The number of piperazine rings is 1. The van der Waals surface area contributed by atoms with Crippen LogP contribution in [0.3, 0.4) is 0 Å². The van der Waals surface area contributed by atoms with Crippen molar-refractivity contribution in [2.24, 2.45) is 0 Å². The molecule has 0 bridgehead atoms. The Bertz CT molecular complexity index is 869. The number of nitrogens with one attached hydrogen (secondary N) is 2. The van der Waals surface area contributed by atoms with Crippen molar-refractivity contribution in [1.82, 2.24) is 24.8 Å². The van der Waals surface area contributed by atoms with Crippen LogP contribution in [0.4, 0.5) is 11.5 Å². The Labute approximate surface area is 151 Å². The lowest BCUT2D eigenvalue weighted by molar-refractivity contribution is 0.147. The largest absolute Gasteiger partial charge is 0.342 e. The zero-order valence-corrected chi connectivity index (χ0v) is 14.9. The summed E-state index contributed by atoms with van der Waals surface area (Å²) in [6, 6.07) is 9.76. The fourth-order valence-corrected chi connectivity index (χ4v) is 3.32. The number of anilines is 2. The van der Waals surface area contributed by atoms with E-state index in [0.29, 0.717) is 5.02 Å². The van der Waals surface area contributed by atoms with Crippen molar-refractivity contribution in [2.45, 2.75) is 6.54 Å². The normalized spacial score (nSPS) is 16.4. The van der Waals surface area contributed by atoms with Gasteiger partial charge in [0.2, 0.25) is 0 Å². The number of aromatic amines is 1. The van der Waals surface area contributed by atoms with E-state index in [9.17, 15) is 0 Å². The molecule has 3 heterocycles. The standard InChI is InChI=1S/C18H21ClN6/c1-24-5-7-25(8-6-24)11-15-10-16-17(20-12-21-18(16)23-15)22-14-4-2-3-13(19)9-14/h2-4,9-10,12H,5-8,11H2,1H3,(H2,20,21,22,23). The van der Waals surface area contributed by atoms with Gasteiger partial charge < -0.3 is 15.2 Å². The molecule has 1 aliphatic heterocycles. The minimum Gasteiger partial charge on any atom is -0.342 e. The first-order valence-electron chi connectivity index (χ1n) is 8.43. The summed E-state index contributed by atoms with van der Waals surface area (Å²) in [4.78, 5) is 17.0. The molecule has 2 aromatic heterocycles. The fraction of sp³-hybridized carbons (Fsp3) is 0.333. The van der Waals surface area contributed by atoms with Crippen LogP contribution in [0.15, 0.2) is 36.7 Å². The van der Waals surface area contributed by atoms with Gasteiger partial charge in [0.25, 0.3) is 0 Å². The van der Waals surface area contributed by atoms with Crippen molar-refractivity contribution in [3.63, 3.8) is 0 Å². The molecule has 1 aromatic carbocycles. The molecule has 0 aliphatic carbocycles. The minimum atomic E-state index is 0.695. The first-order valence-corrected chi connectivity index (χ1v) is 8.81. The van der Waals surface area contributed by atoms with Crippen molar-refractivity contribution < 1.29 is 0 Å². The molecule has 7 heteroatoms. The van der Waals surface area contributed by atoms with Crippen molar-refractivity contribution >= 4 is 34.1 Å². The molecule has 4 rings (SSSR count). The average Bonchev–Trinajstić information content (AvgIpc) is 3.01. The third-order valence-corrected chi connectivity index (χ3v) is 4.79. The van der Waals surface area contributed by atoms with Gasteiger partial charge in [0.1, 0.15) is 17.8 Å². The maximum atomic E-state index is 6.06. The van der Waals surface area contributed by atoms with Gasteiger partial charge in [-0.25, -0.2) is 9.97 Å². The molecule has 1 saturated heterocycles. The molecule has 0 saturated carbocycles. The highest BCUT2D eigenvalue weighted by atomic mass is 35.5. The highest BCUT2D eigenvalue weighted by molar-refractivity contribution is 6.30. The summed E-state index contributed by atoms with van der Waals surface area (Å²) in [5, 5.41) is 5.02. The van der Waals surface area contributed by atoms with E-state index >= 15 is 0 Å². The van der Waals surface area contributed by atoms with Crippen LogP contribution in [-0.2, 0) is 6.54 Å². The van der Waals surface area contributed by atoms with E-state index in [2.05, 4.69) is 43.2 Å². The number of benzene rings is 1. The Kier molecular flexibility index (Phi) is 4.57. The molecular weight excluding hydrogens is 336 g/mol. The number of hydrogen-bond acceptors (Lipinski definition) is 5. The molecule has 0 atom stereocenters. The van der Waals surface area contributed by atoms with Gasteiger partial charge in [0.15, 0.2) is 0 Å². The molecule has 0 unspecified atom stereocenters. The molecule has 1 aliphatic rings. The number of nitrogens with zero attached hydrogens (tertiary/aromatic N) is 4. The van der Waals surface area contributed by atoms with Crippen molar-refractivity contribution in [1.29, 1.82) is 0 Å². The van der Waals surface area contributed by atoms with Gasteiger partial charge in [-0.3, -0.25) is 4.90 Å². The molecular formula is C18H21ClN6. The van der Waals surface area contributed by atoms with Gasteiger partial charge in [-0.2, -0.15) is 0 Å². The molecule has 6 nitrogen and oxygen atoms in total. The summed E-state index contributed by atoms with van der Waals surface area (Å²) in [6.07, 6.45) is 1.57. The van der Waals surface area contributed by atoms with Gasteiger partial charge in [-0.15, -0.1) is 0 Å². The Morgan fingerprint density at radius 2 is 2.00 bits per heavy atom. The summed E-state index contributed by atoms with van der Waals surface area (Å²) in [5.74, 6) is 0.785. The molecule has 1 fully saturated rings. The fourth-order valence-electron chi connectivity index (χ4n) is 3.13. The number of hydrogen-bond donors (Lipinski definition) is 2. The lowest BCUT2D eigenvalue weighted by atomic mass is 10.2. The molecule has 130 valence electrons. The lowest BCUT2D eigenvalue weighted by Crippen LogP contribution is -2.43. The number of rotatable bonds is 4. The van der Waals surface area contributed by atoms with Crippen molar-refractivity contribution in [3.8, 4) is 0 Å². The van der Waals surface area contributed by atoms with E-state index in [0.717, 1.165) is 61.0 Å². The van der Waals surface area contributed by atoms with Crippen molar-refractivity contribution in [3.05, 3.63) is 47.4 Å². The third kappa shape index (κ3) is 3.76. The van der Waals surface area contributed by atoms with Gasteiger partial charge in [0.05, 0.1) is 5.39 Å². The lowest BCUT2D eigenvalue weighted by Gasteiger charge is -2.31. The average molecular weight is 357 g/mol. The van der Waals surface area contributed by atoms with E-state index < -0.39 is 0 Å². The van der Waals surface area contributed by atoms with Crippen LogP contribution in [-0.4, -0.2) is 58.0 Å². The predicted octanol–water partition coefficient (Wildman–Crippen LogP) is 3.10. The topological polar surface area (TPSA) is 60.1 Å². The van der Waals surface area contributed by atoms with Crippen LogP contribution in [0.1, 0.15) is 5.69 Å². The Balaban J connectivity index is 1.56. The first-order chi connectivity index (χ1) is 12.2. The van der Waals surface area contributed by atoms with Crippen LogP contribution >= 0.6 is 11.6 Å². The third-order valence-electron chi connectivity index (χ3n) is 4.56. The Morgan fingerprint density at radius 1 is 1.16 bits per heavy atom. The van der Waals surface area contributed by atoms with Crippen LogP contribution < -0.4 is 5.32 Å². The number of aromatic nitrogens is 3.